The van der Waals surface area contributed by atoms with E-state index in [1.807, 2.05) is 0 Å². The number of nitrogens with two attached hydrogens (primary N) is 1. The van der Waals surface area contributed by atoms with Crippen LogP contribution in [0.15, 0.2) is 0 Å². The van der Waals surface area contributed by atoms with E-state index in [1.54, 1.807) is 7.11 Å². The molecule has 4 heteroatoms. The van der Waals surface area contributed by atoms with Crippen molar-refractivity contribution < 1.29 is 14.3 Å². The zero-order valence-electron chi connectivity index (χ0n) is 8.71. The van der Waals surface area contributed by atoms with Gasteiger partial charge >= 0.3 is 5.97 Å². The van der Waals surface area contributed by atoms with E-state index in [-0.39, 0.29) is 17.5 Å². The minimum Gasteiger partial charge on any atom is -0.468 e. The van der Waals surface area contributed by atoms with Crippen LogP contribution in [0.1, 0.15) is 25.7 Å². The van der Waals surface area contributed by atoms with E-state index in [9.17, 15) is 4.79 Å². The predicted molar refractivity (Wildman–Crippen MR) is 50.6 cm³/mol. The smallest absolute Gasteiger partial charge is 0.326 e. The van der Waals surface area contributed by atoms with E-state index in [0.29, 0.717) is 6.42 Å². The molecule has 0 bridgehead atoms. The van der Waals surface area contributed by atoms with E-state index in [0.717, 1.165) is 19.3 Å². The standard InChI is InChI=1S/C10H17NO3/c1-13-7-6-10(11,8(12)14-2)9(7)4-3-5-9/h7H,3-6,11H2,1-2H3. The van der Waals surface area contributed by atoms with E-state index in [1.165, 1.54) is 7.11 Å². The molecule has 2 N–H and O–H groups in total. The van der Waals surface area contributed by atoms with Crippen LogP contribution in [0, 0.1) is 5.41 Å². The number of methoxy groups -OCH3 is 2. The maximum atomic E-state index is 11.6. The summed E-state index contributed by atoms with van der Waals surface area (Å²) in [5, 5.41) is 0. The quantitative estimate of drug-likeness (QED) is 0.656. The maximum absolute atomic E-state index is 11.6. The van der Waals surface area contributed by atoms with Crippen LogP contribution < -0.4 is 5.73 Å². The second-order valence-electron chi connectivity index (χ2n) is 4.40. The molecule has 0 radical (unpaired) electrons. The van der Waals surface area contributed by atoms with E-state index < -0.39 is 5.54 Å². The first-order valence-corrected chi connectivity index (χ1v) is 5.01. The van der Waals surface area contributed by atoms with Crippen molar-refractivity contribution in [1.29, 1.82) is 0 Å². The zero-order chi connectivity index (χ0) is 10.4. The van der Waals surface area contributed by atoms with Crippen molar-refractivity contribution >= 4 is 5.97 Å². The highest BCUT2D eigenvalue weighted by atomic mass is 16.5. The van der Waals surface area contributed by atoms with Gasteiger partial charge in [0.2, 0.25) is 0 Å². The number of hydrogen-bond donors (Lipinski definition) is 1. The van der Waals surface area contributed by atoms with Gasteiger partial charge in [0.25, 0.3) is 0 Å². The van der Waals surface area contributed by atoms with Crippen molar-refractivity contribution in [3.05, 3.63) is 0 Å². The largest absolute Gasteiger partial charge is 0.468 e. The average molecular weight is 199 g/mol. The van der Waals surface area contributed by atoms with Crippen molar-refractivity contribution in [2.75, 3.05) is 14.2 Å². The van der Waals surface area contributed by atoms with Crippen LogP contribution in [0.5, 0.6) is 0 Å². The second kappa shape index (κ2) is 2.94. The van der Waals surface area contributed by atoms with Crippen molar-refractivity contribution in [2.24, 2.45) is 11.1 Å². The highest BCUT2D eigenvalue weighted by Crippen LogP contribution is 2.62. The molecule has 2 rings (SSSR count). The summed E-state index contributed by atoms with van der Waals surface area (Å²) >= 11 is 0. The third-order valence-corrected chi connectivity index (χ3v) is 4.09. The van der Waals surface area contributed by atoms with Gasteiger partial charge in [0, 0.05) is 18.9 Å². The molecule has 0 heterocycles. The Morgan fingerprint density at radius 3 is 2.43 bits per heavy atom. The Labute approximate surface area is 83.7 Å². The van der Waals surface area contributed by atoms with Gasteiger partial charge in [-0.05, 0) is 12.8 Å². The number of carbonyl (C=O) groups is 1. The fraction of sp³-hybridized carbons (Fsp3) is 0.900. The lowest BCUT2D eigenvalue weighted by molar-refractivity contribution is -0.214. The molecule has 0 aromatic carbocycles. The van der Waals surface area contributed by atoms with Gasteiger partial charge in [-0.1, -0.05) is 6.42 Å². The summed E-state index contributed by atoms with van der Waals surface area (Å²) in [4.78, 5) is 11.6. The topological polar surface area (TPSA) is 61.5 Å². The summed E-state index contributed by atoms with van der Waals surface area (Å²) in [5.41, 5.74) is 5.19. The van der Waals surface area contributed by atoms with Crippen molar-refractivity contribution in [3.8, 4) is 0 Å². The summed E-state index contributed by atoms with van der Waals surface area (Å²) in [6.07, 6.45) is 3.83. The molecule has 2 aliphatic rings. The van der Waals surface area contributed by atoms with Gasteiger partial charge in [-0.3, -0.25) is 4.79 Å². The highest BCUT2D eigenvalue weighted by molar-refractivity contribution is 5.84. The summed E-state index contributed by atoms with van der Waals surface area (Å²) < 4.78 is 10.1. The highest BCUT2D eigenvalue weighted by Gasteiger charge is 2.70. The summed E-state index contributed by atoms with van der Waals surface area (Å²) in [7, 11) is 3.07. The predicted octanol–water partition coefficient (Wildman–Crippen LogP) is 0.446. The third kappa shape index (κ3) is 0.880. The fourth-order valence-corrected chi connectivity index (χ4v) is 2.95. The molecule has 2 atom stereocenters. The Kier molecular flexibility index (Phi) is 2.08. The van der Waals surface area contributed by atoms with Crippen LogP contribution in [-0.2, 0) is 14.3 Å². The number of hydrogen-bond acceptors (Lipinski definition) is 4. The van der Waals surface area contributed by atoms with Crippen molar-refractivity contribution in [3.63, 3.8) is 0 Å². The molecule has 0 saturated heterocycles. The van der Waals surface area contributed by atoms with Crippen molar-refractivity contribution in [1.82, 2.24) is 0 Å². The first-order valence-electron chi connectivity index (χ1n) is 5.01. The number of esters is 1. The van der Waals surface area contributed by atoms with Crippen LogP contribution in [-0.4, -0.2) is 31.8 Å². The lowest BCUT2D eigenvalue weighted by Gasteiger charge is -2.64. The first kappa shape index (κ1) is 9.93. The molecular formula is C10H17NO3. The SMILES string of the molecule is COC(=O)C1(N)CC(OC)C12CCC2. The number of carbonyl (C=O) groups excluding carboxylic acids is 1. The number of rotatable bonds is 2. The number of ether oxygens (including phenoxy) is 2. The Morgan fingerprint density at radius 1 is 1.43 bits per heavy atom. The molecule has 2 aliphatic carbocycles. The fourth-order valence-electron chi connectivity index (χ4n) is 2.95. The van der Waals surface area contributed by atoms with E-state index in [2.05, 4.69) is 0 Å². The molecule has 4 nitrogen and oxygen atoms in total. The van der Waals surface area contributed by atoms with Crippen LogP contribution >= 0.6 is 0 Å². The van der Waals surface area contributed by atoms with Gasteiger partial charge in [0.15, 0.2) is 0 Å². The summed E-state index contributed by atoms with van der Waals surface area (Å²) in [6.45, 7) is 0. The molecule has 2 unspecified atom stereocenters. The molecule has 0 aromatic rings. The molecule has 80 valence electrons. The molecule has 0 aliphatic heterocycles. The molecule has 2 fully saturated rings. The minimum atomic E-state index is -0.791. The molecule has 2 saturated carbocycles. The van der Waals surface area contributed by atoms with E-state index in [4.69, 9.17) is 15.2 Å². The normalized spacial score (nSPS) is 38.6. The van der Waals surface area contributed by atoms with Gasteiger partial charge in [-0.15, -0.1) is 0 Å². The van der Waals surface area contributed by atoms with Crippen LogP contribution in [0.3, 0.4) is 0 Å². The third-order valence-electron chi connectivity index (χ3n) is 4.09. The average Bonchev–Trinajstić information content (AvgIpc) is 2.09. The Hall–Kier alpha value is -0.610. The first-order chi connectivity index (χ1) is 6.60. The lowest BCUT2D eigenvalue weighted by atomic mass is 9.44. The molecule has 0 amide bonds. The van der Waals surface area contributed by atoms with Crippen molar-refractivity contribution in [2.45, 2.75) is 37.3 Å². The second-order valence-corrected chi connectivity index (χ2v) is 4.40. The maximum Gasteiger partial charge on any atom is 0.326 e. The zero-order valence-corrected chi connectivity index (χ0v) is 8.71. The van der Waals surface area contributed by atoms with Crippen LogP contribution in [0.2, 0.25) is 0 Å². The van der Waals surface area contributed by atoms with Crippen LogP contribution in [0.25, 0.3) is 0 Å². The molecular weight excluding hydrogens is 182 g/mol. The van der Waals surface area contributed by atoms with Gasteiger partial charge < -0.3 is 15.2 Å². The Balaban J connectivity index is 2.19. The van der Waals surface area contributed by atoms with Gasteiger partial charge in [0.1, 0.15) is 5.54 Å². The van der Waals surface area contributed by atoms with E-state index >= 15 is 0 Å². The minimum absolute atomic E-state index is 0.130. The Bertz CT molecular complexity index is 262. The molecule has 1 spiro atoms. The van der Waals surface area contributed by atoms with Gasteiger partial charge in [-0.25, -0.2) is 0 Å². The van der Waals surface area contributed by atoms with Gasteiger partial charge in [0.05, 0.1) is 13.2 Å². The molecule has 14 heavy (non-hydrogen) atoms. The van der Waals surface area contributed by atoms with Crippen LogP contribution in [0.4, 0.5) is 0 Å². The van der Waals surface area contributed by atoms with Gasteiger partial charge in [-0.2, -0.15) is 0 Å². The monoisotopic (exact) mass is 199 g/mol. The summed E-state index contributed by atoms with van der Waals surface area (Å²) in [6, 6.07) is 0. The lowest BCUT2D eigenvalue weighted by Crippen LogP contribution is -2.78. The summed E-state index contributed by atoms with van der Waals surface area (Å²) in [5.74, 6) is -0.287. The molecule has 0 aromatic heterocycles. The Morgan fingerprint density at radius 2 is 2.07 bits per heavy atom.